The van der Waals surface area contributed by atoms with Crippen LogP contribution in [0.2, 0.25) is 10.0 Å². The predicted molar refractivity (Wildman–Crippen MR) is 131 cm³/mol. The number of carboxylic acid groups (broad SMARTS) is 1. The lowest BCUT2D eigenvalue weighted by Gasteiger charge is -2.31. The van der Waals surface area contributed by atoms with E-state index in [-0.39, 0.29) is 62.1 Å². The van der Waals surface area contributed by atoms with E-state index in [0.717, 1.165) is 4.31 Å². The molecule has 9 nitrogen and oxygen atoms in total. The molecule has 2 N–H and O–H groups in total. The third kappa shape index (κ3) is 4.86. The number of fused-ring (bicyclic) bond motifs is 1. The van der Waals surface area contributed by atoms with E-state index in [9.17, 15) is 23.1 Å². The maximum atomic E-state index is 13.6. The van der Waals surface area contributed by atoms with Crippen LogP contribution < -0.4 is 19.1 Å². The second-order valence-electron chi connectivity index (χ2n) is 7.36. The maximum absolute atomic E-state index is 13.6. The topological polar surface area (TPSA) is 122 Å². The van der Waals surface area contributed by atoms with Gasteiger partial charge in [0.05, 0.1) is 29.9 Å². The molecular formula is C23H18Cl2N2O7S. The summed E-state index contributed by atoms with van der Waals surface area (Å²) in [5, 5.41) is 12.1. The van der Waals surface area contributed by atoms with Crippen LogP contribution >= 0.6 is 23.2 Å². The number of halogens is 2. The fourth-order valence-electron chi connectivity index (χ4n) is 3.53. The molecule has 1 aliphatic rings. The molecule has 3 aromatic carbocycles. The van der Waals surface area contributed by atoms with Gasteiger partial charge >= 0.3 is 5.97 Å². The molecular weight excluding hydrogens is 519 g/mol. The van der Waals surface area contributed by atoms with Crippen LogP contribution in [0.25, 0.3) is 0 Å². The standard InChI is InChI=1S/C23H18Cl2N2O7S/c1-33-20-7-3-14(24)11-21(20)35(31,32)27-8-9-34-19-6-2-13(10-18(19)27)22(28)26-15-4-5-17(25)16(12-15)23(29)30/h2-7,10-12H,8-9H2,1H3,(H,26,28)(H,29,30). The number of ether oxygens (including phenoxy) is 2. The zero-order valence-electron chi connectivity index (χ0n) is 18.1. The average Bonchev–Trinajstić information content (AvgIpc) is 2.84. The number of nitrogens with one attached hydrogen (secondary N) is 1. The Morgan fingerprint density at radius 1 is 1.09 bits per heavy atom. The largest absolute Gasteiger partial charge is 0.495 e. The number of carboxylic acids is 1. The number of hydrogen-bond acceptors (Lipinski definition) is 6. The Hall–Kier alpha value is -3.47. The Kier molecular flexibility index (Phi) is 6.79. The van der Waals surface area contributed by atoms with E-state index < -0.39 is 21.9 Å². The highest BCUT2D eigenvalue weighted by molar-refractivity contribution is 7.93. The molecule has 0 unspecified atom stereocenters. The number of sulfonamides is 1. The Balaban J connectivity index is 1.70. The highest BCUT2D eigenvalue weighted by Gasteiger charge is 2.33. The van der Waals surface area contributed by atoms with Gasteiger partial charge in [-0.15, -0.1) is 0 Å². The highest BCUT2D eigenvalue weighted by Crippen LogP contribution is 2.39. The van der Waals surface area contributed by atoms with Gasteiger partial charge in [0.25, 0.3) is 15.9 Å². The van der Waals surface area contributed by atoms with Gasteiger partial charge in [0.1, 0.15) is 23.0 Å². The third-order valence-corrected chi connectivity index (χ3v) is 7.59. The number of anilines is 2. The van der Waals surface area contributed by atoms with Crippen molar-refractivity contribution in [3.63, 3.8) is 0 Å². The summed E-state index contributed by atoms with van der Waals surface area (Å²) in [4.78, 5) is 24.1. The monoisotopic (exact) mass is 536 g/mol. The van der Waals surface area contributed by atoms with E-state index in [4.69, 9.17) is 32.7 Å². The first-order valence-electron chi connectivity index (χ1n) is 10.1. The minimum absolute atomic E-state index is 0.00473. The van der Waals surface area contributed by atoms with Crippen molar-refractivity contribution in [2.45, 2.75) is 4.90 Å². The maximum Gasteiger partial charge on any atom is 0.337 e. The SMILES string of the molecule is COc1ccc(Cl)cc1S(=O)(=O)N1CCOc2ccc(C(=O)Nc3ccc(Cl)c(C(=O)O)c3)cc21. The van der Waals surface area contributed by atoms with Gasteiger partial charge in [-0.3, -0.25) is 9.10 Å². The molecule has 0 fully saturated rings. The fraction of sp³-hybridized carbons (Fsp3) is 0.130. The molecule has 0 aliphatic carbocycles. The summed E-state index contributed by atoms with van der Waals surface area (Å²) in [7, 11) is -2.78. The number of aromatic carboxylic acids is 1. The summed E-state index contributed by atoms with van der Waals surface area (Å²) >= 11 is 11.9. The van der Waals surface area contributed by atoms with Crippen LogP contribution in [0.5, 0.6) is 11.5 Å². The van der Waals surface area contributed by atoms with E-state index >= 15 is 0 Å². The van der Waals surface area contributed by atoms with Crippen molar-refractivity contribution in [3.05, 3.63) is 75.8 Å². The quantitative estimate of drug-likeness (QED) is 0.474. The van der Waals surface area contributed by atoms with Gasteiger partial charge < -0.3 is 19.9 Å². The number of benzene rings is 3. The van der Waals surface area contributed by atoms with E-state index in [0.29, 0.717) is 0 Å². The van der Waals surface area contributed by atoms with Crippen molar-refractivity contribution in [1.82, 2.24) is 0 Å². The summed E-state index contributed by atoms with van der Waals surface area (Å²) < 4.78 is 39.0. The zero-order chi connectivity index (χ0) is 25.3. The van der Waals surface area contributed by atoms with E-state index in [2.05, 4.69) is 5.32 Å². The normalized spacial score (nSPS) is 12.9. The minimum atomic E-state index is -4.13. The lowest BCUT2D eigenvalue weighted by Crippen LogP contribution is -2.38. The van der Waals surface area contributed by atoms with Gasteiger partial charge in [-0.25, -0.2) is 13.2 Å². The molecule has 1 aliphatic heterocycles. The first-order valence-corrected chi connectivity index (χ1v) is 12.3. The number of carbonyl (C=O) groups is 2. The Labute approximate surface area is 210 Å². The molecule has 0 radical (unpaired) electrons. The van der Waals surface area contributed by atoms with Crippen molar-refractivity contribution in [2.24, 2.45) is 0 Å². The van der Waals surface area contributed by atoms with Gasteiger partial charge in [-0.2, -0.15) is 0 Å². The number of hydrogen-bond donors (Lipinski definition) is 2. The Bertz CT molecular complexity index is 1440. The number of amides is 1. The van der Waals surface area contributed by atoms with Crippen molar-refractivity contribution in [1.29, 1.82) is 0 Å². The summed E-state index contributed by atoms with van der Waals surface area (Å²) in [6, 6.07) is 12.6. The Morgan fingerprint density at radius 3 is 2.57 bits per heavy atom. The number of rotatable bonds is 6. The molecule has 0 saturated carbocycles. The van der Waals surface area contributed by atoms with Crippen molar-refractivity contribution < 1.29 is 32.6 Å². The first kappa shape index (κ1) is 24.6. The fourth-order valence-corrected chi connectivity index (χ4v) is 5.60. The van der Waals surface area contributed by atoms with E-state index in [1.54, 1.807) is 0 Å². The number of carbonyl (C=O) groups excluding carboxylic acids is 1. The molecule has 35 heavy (non-hydrogen) atoms. The van der Waals surface area contributed by atoms with Crippen LogP contribution in [0.4, 0.5) is 11.4 Å². The summed E-state index contributed by atoms with van der Waals surface area (Å²) in [5.74, 6) is -1.44. The summed E-state index contributed by atoms with van der Waals surface area (Å²) in [6.07, 6.45) is 0. The second kappa shape index (κ2) is 9.65. The molecule has 0 bridgehead atoms. The predicted octanol–water partition coefficient (Wildman–Crippen LogP) is 4.54. The molecule has 0 spiro atoms. The molecule has 182 valence electrons. The smallest absolute Gasteiger partial charge is 0.337 e. The average molecular weight is 537 g/mol. The van der Waals surface area contributed by atoms with Crippen molar-refractivity contribution >= 4 is 56.5 Å². The van der Waals surface area contributed by atoms with E-state index in [1.807, 2.05) is 0 Å². The van der Waals surface area contributed by atoms with Crippen LogP contribution in [-0.2, 0) is 10.0 Å². The van der Waals surface area contributed by atoms with Gasteiger partial charge in [0.2, 0.25) is 0 Å². The van der Waals surface area contributed by atoms with Gasteiger partial charge in [-0.05, 0) is 54.6 Å². The van der Waals surface area contributed by atoms with Crippen LogP contribution in [-0.4, -0.2) is 45.7 Å². The molecule has 1 amide bonds. The molecule has 12 heteroatoms. The van der Waals surface area contributed by atoms with Gasteiger partial charge in [0, 0.05) is 16.3 Å². The van der Waals surface area contributed by atoms with Crippen LogP contribution in [0.1, 0.15) is 20.7 Å². The molecule has 0 aromatic heterocycles. The van der Waals surface area contributed by atoms with Crippen LogP contribution in [0.15, 0.2) is 59.5 Å². The van der Waals surface area contributed by atoms with E-state index in [1.165, 1.54) is 61.7 Å². The van der Waals surface area contributed by atoms with Crippen LogP contribution in [0.3, 0.4) is 0 Å². The lowest BCUT2D eigenvalue weighted by atomic mass is 10.1. The van der Waals surface area contributed by atoms with Gasteiger partial charge in [-0.1, -0.05) is 23.2 Å². The molecule has 0 saturated heterocycles. The molecule has 0 atom stereocenters. The number of methoxy groups -OCH3 is 1. The third-order valence-electron chi connectivity index (χ3n) is 5.19. The number of nitrogens with zero attached hydrogens (tertiary/aromatic N) is 1. The Morgan fingerprint density at radius 2 is 1.86 bits per heavy atom. The van der Waals surface area contributed by atoms with Crippen molar-refractivity contribution in [3.8, 4) is 11.5 Å². The zero-order valence-corrected chi connectivity index (χ0v) is 20.4. The summed E-state index contributed by atoms with van der Waals surface area (Å²) in [5.41, 5.74) is 0.322. The van der Waals surface area contributed by atoms with Gasteiger partial charge in [0.15, 0.2) is 0 Å². The molecule has 3 aromatic rings. The van der Waals surface area contributed by atoms with Crippen LogP contribution in [0, 0.1) is 0 Å². The lowest BCUT2D eigenvalue weighted by molar-refractivity contribution is 0.0696. The molecule has 1 heterocycles. The second-order valence-corrected chi connectivity index (χ2v) is 10.0. The minimum Gasteiger partial charge on any atom is -0.495 e. The first-order chi connectivity index (χ1) is 16.6. The summed E-state index contributed by atoms with van der Waals surface area (Å²) in [6.45, 7) is 0.0959. The van der Waals surface area contributed by atoms with Crippen molar-refractivity contribution in [2.75, 3.05) is 29.9 Å². The molecule has 4 rings (SSSR count). The highest BCUT2D eigenvalue weighted by atomic mass is 35.5.